The van der Waals surface area contributed by atoms with Crippen molar-refractivity contribution >= 4 is 23.4 Å². The highest BCUT2D eigenvalue weighted by Crippen LogP contribution is 2.47. The van der Waals surface area contributed by atoms with Crippen LogP contribution in [0.15, 0.2) is 24.4 Å². The van der Waals surface area contributed by atoms with Crippen molar-refractivity contribution in [3.8, 4) is 0 Å². The van der Waals surface area contributed by atoms with E-state index in [1.54, 1.807) is 0 Å². The number of nitrogens with zero attached hydrogens (tertiary/aromatic N) is 5. The summed E-state index contributed by atoms with van der Waals surface area (Å²) in [6.07, 6.45) is 7.12. The molecular formula is C35H50F3N7O. The van der Waals surface area contributed by atoms with Gasteiger partial charge in [0, 0.05) is 49.4 Å². The van der Waals surface area contributed by atoms with Crippen molar-refractivity contribution in [2.24, 2.45) is 5.41 Å². The highest BCUT2D eigenvalue weighted by Gasteiger charge is 2.45. The molecule has 0 atom stereocenters. The standard InChI is InChI=1S/C35H50F3N7O/c1-3-25-21-27(26-10-19-44(20-11-26)28-12-17-43(2)18-13-28)8-9-30(25)41-33-39-22-29(35(36,37)38)32(42-33)40-23-34(14-15-34)24-45-16-6-4-5-7-31(45)46/h8-9,21-22,26,28H,3-7,10-20,23-24H2,1-2H3,(H2,39,40,41,42). The molecule has 46 heavy (non-hydrogen) atoms. The summed E-state index contributed by atoms with van der Waals surface area (Å²) in [5.74, 6) is 0.588. The lowest BCUT2D eigenvalue weighted by Gasteiger charge is -2.41. The van der Waals surface area contributed by atoms with E-state index in [0.29, 0.717) is 31.5 Å². The van der Waals surface area contributed by atoms with Gasteiger partial charge >= 0.3 is 6.18 Å². The molecule has 0 unspecified atom stereocenters. The lowest BCUT2D eigenvalue weighted by molar-refractivity contribution is -0.137. The van der Waals surface area contributed by atoms with Gasteiger partial charge in [-0.15, -0.1) is 0 Å². The van der Waals surface area contributed by atoms with Gasteiger partial charge in [0.05, 0.1) is 0 Å². The van der Waals surface area contributed by atoms with Crippen LogP contribution in [0.2, 0.25) is 0 Å². The molecule has 1 saturated carbocycles. The van der Waals surface area contributed by atoms with Gasteiger partial charge in [-0.3, -0.25) is 4.79 Å². The monoisotopic (exact) mass is 641 g/mol. The molecule has 2 aromatic rings. The van der Waals surface area contributed by atoms with E-state index in [1.165, 1.54) is 31.5 Å². The van der Waals surface area contributed by atoms with E-state index >= 15 is 0 Å². The third kappa shape index (κ3) is 7.95. The van der Waals surface area contributed by atoms with Crippen molar-refractivity contribution in [3.05, 3.63) is 41.1 Å². The highest BCUT2D eigenvalue weighted by atomic mass is 19.4. The number of carbonyl (C=O) groups excluding carboxylic acids is 1. The van der Waals surface area contributed by atoms with E-state index in [0.717, 1.165) is 88.4 Å². The summed E-state index contributed by atoms with van der Waals surface area (Å²) in [5.41, 5.74) is 2.16. The molecule has 2 N–H and O–H groups in total. The first-order valence-corrected chi connectivity index (χ1v) is 17.4. The Balaban J connectivity index is 1.11. The number of hydrogen-bond donors (Lipinski definition) is 2. The fraction of sp³-hybridized carbons (Fsp3) is 0.686. The first kappa shape index (κ1) is 33.0. The Kier molecular flexibility index (Phi) is 10.1. The van der Waals surface area contributed by atoms with Crippen LogP contribution < -0.4 is 10.6 Å². The van der Waals surface area contributed by atoms with Crippen LogP contribution in [0.1, 0.15) is 93.7 Å². The summed E-state index contributed by atoms with van der Waals surface area (Å²) < 4.78 is 42.0. The molecule has 1 amide bonds. The van der Waals surface area contributed by atoms with Gasteiger partial charge in [-0.05, 0) is 114 Å². The molecule has 0 radical (unpaired) electrons. The van der Waals surface area contributed by atoms with Crippen molar-refractivity contribution in [3.63, 3.8) is 0 Å². The second-order valence-electron chi connectivity index (χ2n) is 14.2. The molecule has 6 rings (SSSR count). The van der Waals surface area contributed by atoms with E-state index in [4.69, 9.17) is 0 Å². The SMILES string of the molecule is CCc1cc(C2CCN(C3CCN(C)CC3)CC2)ccc1Nc1ncc(C(F)(F)F)c(NCC2(CN3CCCCCC3=O)CC2)n1. The number of halogens is 3. The van der Waals surface area contributed by atoms with Crippen LogP contribution in [-0.2, 0) is 17.4 Å². The number of alkyl halides is 3. The minimum absolute atomic E-state index is 0.136. The Morgan fingerprint density at radius 1 is 1.00 bits per heavy atom. The van der Waals surface area contributed by atoms with Crippen molar-refractivity contribution in [2.45, 2.75) is 95.7 Å². The number of aryl methyl sites for hydroxylation is 1. The molecule has 0 spiro atoms. The number of carbonyl (C=O) groups is 1. The Hall–Kier alpha value is -2.92. The van der Waals surface area contributed by atoms with Crippen LogP contribution in [0.4, 0.5) is 30.6 Å². The van der Waals surface area contributed by atoms with E-state index < -0.39 is 11.7 Å². The van der Waals surface area contributed by atoms with Gasteiger partial charge in [-0.2, -0.15) is 18.2 Å². The van der Waals surface area contributed by atoms with Gasteiger partial charge in [0.25, 0.3) is 0 Å². The highest BCUT2D eigenvalue weighted by molar-refractivity contribution is 5.76. The zero-order chi connectivity index (χ0) is 32.3. The Labute approximate surface area is 271 Å². The average Bonchev–Trinajstić information content (AvgIpc) is 3.85. The molecular weight excluding hydrogens is 591 g/mol. The zero-order valence-electron chi connectivity index (χ0n) is 27.5. The summed E-state index contributed by atoms with van der Waals surface area (Å²) >= 11 is 0. The molecule has 4 fully saturated rings. The quantitative estimate of drug-likeness (QED) is 0.300. The first-order chi connectivity index (χ1) is 22.1. The van der Waals surface area contributed by atoms with Crippen LogP contribution in [-0.4, -0.2) is 89.5 Å². The first-order valence-electron chi connectivity index (χ1n) is 17.4. The number of benzene rings is 1. The maximum absolute atomic E-state index is 14.0. The maximum Gasteiger partial charge on any atom is 0.421 e. The molecule has 1 aromatic carbocycles. The van der Waals surface area contributed by atoms with Crippen LogP contribution in [0.25, 0.3) is 0 Å². The topological polar surface area (TPSA) is 76.6 Å². The predicted octanol–water partition coefficient (Wildman–Crippen LogP) is 6.67. The van der Waals surface area contributed by atoms with Crippen molar-refractivity contribution in [1.82, 2.24) is 24.7 Å². The van der Waals surface area contributed by atoms with Crippen molar-refractivity contribution in [1.29, 1.82) is 0 Å². The zero-order valence-corrected chi connectivity index (χ0v) is 27.5. The molecule has 11 heteroatoms. The summed E-state index contributed by atoms with van der Waals surface area (Å²) in [6, 6.07) is 7.14. The molecule has 1 aromatic heterocycles. The molecule has 8 nitrogen and oxygen atoms in total. The average molecular weight is 642 g/mol. The third-order valence-corrected chi connectivity index (χ3v) is 10.8. The summed E-state index contributed by atoms with van der Waals surface area (Å²) in [7, 11) is 2.21. The van der Waals surface area contributed by atoms with Gasteiger partial charge in [-0.1, -0.05) is 25.5 Å². The van der Waals surface area contributed by atoms with E-state index in [9.17, 15) is 18.0 Å². The number of nitrogens with one attached hydrogen (secondary N) is 2. The molecule has 4 aliphatic rings. The van der Waals surface area contributed by atoms with E-state index in [-0.39, 0.29) is 23.1 Å². The normalized spacial score (nSPS) is 22.1. The van der Waals surface area contributed by atoms with Crippen LogP contribution >= 0.6 is 0 Å². The number of aromatic nitrogens is 2. The third-order valence-electron chi connectivity index (χ3n) is 10.8. The number of likely N-dealkylation sites (tertiary alicyclic amines) is 3. The van der Waals surface area contributed by atoms with Gasteiger partial charge in [-0.25, -0.2) is 4.98 Å². The van der Waals surface area contributed by atoms with Crippen LogP contribution in [0.5, 0.6) is 0 Å². The molecule has 3 saturated heterocycles. The number of rotatable bonds is 10. The molecule has 0 bridgehead atoms. The Bertz CT molecular complexity index is 1350. The molecule has 252 valence electrons. The largest absolute Gasteiger partial charge is 0.421 e. The van der Waals surface area contributed by atoms with Crippen molar-refractivity contribution in [2.75, 3.05) is 63.5 Å². The number of amides is 1. The van der Waals surface area contributed by atoms with Gasteiger partial charge in [0.1, 0.15) is 11.4 Å². The fourth-order valence-corrected chi connectivity index (χ4v) is 7.59. The number of hydrogen-bond acceptors (Lipinski definition) is 7. The second-order valence-corrected chi connectivity index (χ2v) is 14.2. The lowest BCUT2D eigenvalue weighted by atomic mass is 9.86. The van der Waals surface area contributed by atoms with Crippen LogP contribution in [0.3, 0.4) is 0 Å². The van der Waals surface area contributed by atoms with Crippen LogP contribution in [0, 0.1) is 5.41 Å². The predicted molar refractivity (Wildman–Crippen MR) is 175 cm³/mol. The van der Waals surface area contributed by atoms with E-state index in [2.05, 4.69) is 56.5 Å². The minimum Gasteiger partial charge on any atom is -0.369 e. The number of anilines is 3. The Morgan fingerprint density at radius 2 is 1.76 bits per heavy atom. The van der Waals surface area contributed by atoms with Gasteiger partial charge < -0.3 is 25.3 Å². The number of piperidine rings is 2. The summed E-state index contributed by atoms with van der Waals surface area (Å²) in [4.78, 5) is 28.0. The lowest BCUT2D eigenvalue weighted by Crippen LogP contribution is -2.46. The summed E-state index contributed by atoms with van der Waals surface area (Å²) in [6.45, 7) is 8.36. The van der Waals surface area contributed by atoms with Gasteiger partial charge in [0.15, 0.2) is 0 Å². The fourth-order valence-electron chi connectivity index (χ4n) is 7.59. The van der Waals surface area contributed by atoms with Gasteiger partial charge in [0.2, 0.25) is 11.9 Å². The molecule has 4 heterocycles. The Morgan fingerprint density at radius 3 is 2.46 bits per heavy atom. The minimum atomic E-state index is -4.59. The van der Waals surface area contributed by atoms with Crippen molar-refractivity contribution < 1.29 is 18.0 Å². The maximum atomic E-state index is 14.0. The second kappa shape index (κ2) is 14.1. The smallest absolute Gasteiger partial charge is 0.369 e. The molecule has 3 aliphatic heterocycles. The summed E-state index contributed by atoms with van der Waals surface area (Å²) in [5, 5.41) is 6.25. The molecule has 1 aliphatic carbocycles. The van der Waals surface area contributed by atoms with E-state index in [1.807, 2.05) is 11.0 Å².